The minimum atomic E-state index is 0.226. The summed E-state index contributed by atoms with van der Waals surface area (Å²) in [6, 6.07) is 4.94. The Bertz CT molecular complexity index is 383. The smallest absolute Gasteiger partial charge is 0.0271 e. The summed E-state index contributed by atoms with van der Waals surface area (Å²) in [5.41, 5.74) is 1.58. The van der Waals surface area contributed by atoms with Crippen molar-refractivity contribution in [3.05, 3.63) is 30.1 Å². The molecule has 0 aliphatic heterocycles. The van der Waals surface area contributed by atoms with Gasteiger partial charge in [0.25, 0.3) is 0 Å². The quantitative estimate of drug-likeness (QED) is 0.883. The molecule has 0 radical (unpaired) electrons. The topological polar surface area (TPSA) is 28.2 Å². The normalized spacial score (nSPS) is 23.4. The lowest BCUT2D eigenvalue weighted by Gasteiger charge is -2.44. The Kier molecular flexibility index (Phi) is 4.58. The van der Waals surface area contributed by atoms with Crippen LogP contribution in [0.3, 0.4) is 0 Å². The molecule has 1 aliphatic rings. The van der Waals surface area contributed by atoms with Crippen LogP contribution in [0.2, 0.25) is 0 Å². The molecule has 2 atom stereocenters. The lowest BCUT2D eigenvalue weighted by atomic mass is 9.78. The first-order valence-electron chi connectivity index (χ1n) is 7.30. The van der Waals surface area contributed by atoms with Crippen molar-refractivity contribution in [1.82, 2.24) is 15.2 Å². The second-order valence-corrected chi connectivity index (χ2v) is 6.81. The summed E-state index contributed by atoms with van der Waals surface area (Å²) in [5, 5.41) is 3.64. The highest BCUT2D eigenvalue weighted by Crippen LogP contribution is 2.32. The van der Waals surface area contributed by atoms with Gasteiger partial charge in [-0.25, -0.2) is 0 Å². The largest absolute Gasteiger partial charge is 0.312 e. The molecule has 1 fully saturated rings. The third-order valence-corrected chi connectivity index (χ3v) is 4.02. The molecule has 0 saturated heterocycles. The summed E-state index contributed by atoms with van der Waals surface area (Å²) in [6.07, 6.45) is 6.44. The molecule has 0 aromatic carbocycles. The number of aromatic nitrogens is 1. The second-order valence-electron chi connectivity index (χ2n) is 6.81. The van der Waals surface area contributed by atoms with Gasteiger partial charge in [-0.05, 0) is 70.8 Å². The van der Waals surface area contributed by atoms with E-state index in [1.807, 2.05) is 12.4 Å². The lowest BCUT2D eigenvalue weighted by Crippen LogP contribution is -2.51. The molecular weight excluding hydrogens is 234 g/mol. The fourth-order valence-electron chi connectivity index (χ4n) is 2.70. The van der Waals surface area contributed by atoms with Crippen molar-refractivity contribution in [3.63, 3.8) is 0 Å². The molecule has 2 rings (SSSR count). The second kappa shape index (κ2) is 6.02. The predicted octanol–water partition coefficient (Wildman–Crippen LogP) is 2.68. The highest BCUT2D eigenvalue weighted by molar-refractivity contribution is 5.10. The molecule has 3 nitrogen and oxygen atoms in total. The van der Waals surface area contributed by atoms with E-state index in [9.17, 15) is 0 Å². The van der Waals surface area contributed by atoms with E-state index in [1.165, 1.54) is 18.4 Å². The van der Waals surface area contributed by atoms with Crippen molar-refractivity contribution >= 4 is 0 Å². The van der Waals surface area contributed by atoms with Crippen LogP contribution in [0.4, 0.5) is 0 Å². The Labute approximate surface area is 117 Å². The van der Waals surface area contributed by atoms with Gasteiger partial charge in [-0.15, -0.1) is 0 Å². The molecule has 1 aliphatic carbocycles. The zero-order valence-corrected chi connectivity index (χ0v) is 12.7. The fraction of sp³-hybridized carbons (Fsp3) is 0.688. The van der Waals surface area contributed by atoms with E-state index in [0.717, 1.165) is 25.0 Å². The molecule has 106 valence electrons. The van der Waals surface area contributed by atoms with Gasteiger partial charge in [0.15, 0.2) is 0 Å². The Morgan fingerprint density at radius 2 is 1.95 bits per heavy atom. The van der Waals surface area contributed by atoms with Crippen LogP contribution in [-0.4, -0.2) is 35.1 Å². The summed E-state index contributed by atoms with van der Waals surface area (Å²) >= 11 is 0. The van der Waals surface area contributed by atoms with Crippen LogP contribution in [-0.2, 0) is 6.54 Å². The van der Waals surface area contributed by atoms with Gasteiger partial charge in [0, 0.05) is 30.5 Å². The first-order chi connectivity index (χ1) is 8.96. The van der Waals surface area contributed by atoms with Crippen molar-refractivity contribution in [2.75, 3.05) is 13.6 Å². The van der Waals surface area contributed by atoms with Crippen molar-refractivity contribution in [3.8, 4) is 0 Å². The maximum atomic E-state index is 4.07. The Morgan fingerprint density at radius 1 is 1.26 bits per heavy atom. The maximum absolute atomic E-state index is 4.07. The molecule has 2 unspecified atom stereocenters. The molecule has 0 amide bonds. The van der Waals surface area contributed by atoms with Gasteiger partial charge in [-0.3, -0.25) is 9.88 Å². The predicted molar refractivity (Wildman–Crippen MR) is 80.0 cm³/mol. The van der Waals surface area contributed by atoms with Crippen LogP contribution in [0.1, 0.15) is 39.2 Å². The Hall–Kier alpha value is -0.930. The van der Waals surface area contributed by atoms with Gasteiger partial charge in [0.05, 0.1) is 0 Å². The van der Waals surface area contributed by atoms with Crippen molar-refractivity contribution < 1.29 is 0 Å². The molecule has 1 saturated carbocycles. The van der Waals surface area contributed by atoms with E-state index in [1.54, 1.807) is 0 Å². The van der Waals surface area contributed by atoms with Gasteiger partial charge >= 0.3 is 0 Å². The van der Waals surface area contributed by atoms with Crippen LogP contribution < -0.4 is 5.32 Å². The molecule has 1 N–H and O–H groups in total. The SMILES string of the molecule is CN(Cc1ccncc1)C1CCC1CNC(C)(C)C. The minimum absolute atomic E-state index is 0.226. The van der Waals surface area contributed by atoms with E-state index in [4.69, 9.17) is 0 Å². The standard InChI is InChI=1S/C16H27N3/c1-16(2,3)18-11-14-5-6-15(14)19(4)12-13-7-9-17-10-8-13/h7-10,14-15,18H,5-6,11-12H2,1-4H3. The summed E-state index contributed by atoms with van der Waals surface area (Å²) in [7, 11) is 2.24. The van der Waals surface area contributed by atoms with Gasteiger partial charge < -0.3 is 5.32 Å². The summed E-state index contributed by atoms with van der Waals surface area (Å²) < 4.78 is 0. The number of hydrogen-bond acceptors (Lipinski definition) is 3. The molecule has 0 spiro atoms. The van der Waals surface area contributed by atoms with Crippen LogP contribution in [0.15, 0.2) is 24.5 Å². The molecule has 1 aromatic rings. The summed E-state index contributed by atoms with van der Waals surface area (Å²) in [6.45, 7) is 8.87. The van der Waals surface area contributed by atoms with Crippen LogP contribution in [0, 0.1) is 5.92 Å². The number of pyridine rings is 1. The highest BCUT2D eigenvalue weighted by Gasteiger charge is 2.34. The minimum Gasteiger partial charge on any atom is -0.312 e. The zero-order chi connectivity index (χ0) is 13.9. The van der Waals surface area contributed by atoms with Gasteiger partial charge in [-0.2, -0.15) is 0 Å². The van der Waals surface area contributed by atoms with Gasteiger partial charge in [0.1, 0.15) is 0 Å². The van der Waals surface area contributed by atoms with E-state index >= 15 is 0 Å². The van der Waals surface area contributed by atoms with Crippen molar-refractivity contribution in [1.29, 1.82) is 0 Å². The monoisotopic (exact) mass is 261 g/mol. The number of nitrogens with one attached hydrogen (secondary N) is 1. The lowest BCUT2D eigenvalue weighted by molar-refractivity contribution is 0.0738. The van der Waals surface area contributed by atoms with Crippen LogP contribution >= 0.6 is 0 Å². The summed E-state index contributed by atoms with van der Waals surface area (Å²) in [5.74, 6) is 0.797. The highest BCUT2D eigenvalue weighted by atomic mass is 15.1. The summed E-state index contributed by atoms with van der Waals surface area (Å²) in [4.78, 5) is 6.57. The number of hydrogen-bond donors (Lipinski definition) is 1. The molecule has 1 heterocycles. The zero-order valence-electron chi connectivity index (χ0n) is 12.7. The first-order valence-corrected chi connectivity index (χ1v) is 7.30. The molecule has 0 bridgehead atoms. The Balaban J connectivity index is 1.81. The molecule has 1 aromatic heterocycles. The maximum Gasteiger partial charge on any atom is 0.0271 e. The van der Waals surface area contributed by atoms with Crippen molar-refractivity contribution in [2.45, 2.75) is 51.7 Å². The number of rotatable bonds is 5. The average Bonchev–Trinajstić information content (AvgIpc) is 2.27. The van der Waals surface area contributed by atoms with E-state index in [0.29, 0.717) is 0 Å². The van der Waals surface area contributed by atoms with Gasteiger partial charge in [-0.1, -0.05) is 0 Å². The van der Waals surface area contributed by atoms with Crippen molar-refractivity contribution in [2.24, 2.45) is 5.92 Å². The number of nitrogens with zero attached hydrogens (tertiary/aromatic N) is 2. The Morgan fingerprint density at radius 3 is 2.47 bits per heavy atom. The van der Waals surface area contributed by atoms with E-state index in [2.05, 4.69) is 55.2 Å². The van der Waals surface area contributed by atoms with E-state index < -0.39 is 0 Å². The van der Waals surface area contributed by atoms with Crippen LogP contribution in [0.5, 0.6) is 0 Å². The van der Waals surface area contributed by atoms with E-state index in [-0.39, 0.29) is 5.54 Å². The molecule has 19 heavy (non-hydrogen) atoms. The van der Waals surface area contributed by atoms with Gasteiger partial charge in [0.2, 0.25) is 0 Å². The third-order valence-electron chi connectivity index (χ3n) is 4.02. The molecular formula is C16H27N3. The third kappa shape index (κ3) is 4.29. The average molecular weight is 261 g/mol. The molecule has 3 heteroatoms. The fourth-order valence-corrected chi connectivity index (χ4v) is 2.70. The first kappa shape index (κ1) is 14.5. The van der Waals surface area contributed by atoms with Crippen LogP contribution in [0.25, 0.3) is 0 Å².